The zero-order valence-electron chi connectivity index (χ0n) is 19.3. The first kappa shape index (κ1) is 22.8. The summed E-state index contributed by atoms with van der Waals surface area (Å²) in [4.78, 5) is 42.2. The number of alkyl halides is 1. The van der Waals surface area contributed by atoms with Gasteiger partial charge in [-0.05, 0) is 17.7 Å². The molecule has 1 atom stereocenters. The van der Waals surface area contributed by atoms with Gasteiger partial charge in [0, 0.05) is 41.8 Å². The molecule has 2 aromatic heterocycles. The van der Waals surface area contributed by atoms with E-state index < -0.39 is 23.1 Å². The molecule has 1 N–H and O–H groups in total. The van der Waals surface area contributed by atoms with Gasteiger partial charge in [-0.15, -0.1) is 11.6 Å². The number of fused-ring (bicyclic) bond motifs is 6. The SMILES string of the molecule is CC(=O)OCCC1(O)C(=O)OCc2c1cc1n(c2=O)Cc2c-1nc1cc3c(cc1c2CCl)OCCO3. The van der Waals surface area contributed by atoms with E-state index in [4.69, 9.17) is 35.5 Å². The molecule has 3 aliphatic heterocycles. The van der Waals surface area contributed by atoms with Gasteiger partial charge in [0.2, 0.25) is 0 Å². The van der Waals surface area contributed by atoms with Crippen molar-refractivity contribution in [3.8, 4) is 22.9 Å². The number of carbonyl (C=O) groups excluding carboxylic acids is 2. The number of hydrogen-bond donors (Lipinski definition) is 1. The van der Waals surface area contributed by atoms with Crippen LogP contribution in [0, 0.1) is 0 Å². The van der Waals surface area contributed by atoms with Crippen molar-refractivity contribution < 1.29 is 33.6 Å². The smallest absolute Gasteiger partial charge is 0.343 e. The number of aliphatic hydroxyl groups is 1. The van der Waals surface area contributed by atoms with Gasteiger partial charge in [0.25, 0.3) is 5.56 Å². The molecule has 0 spiro atoms. The molecule has 0 radical (unpaired) electrons. The Kier molecular flexibility index (Phi) is 5.20. The van der Waals surface area contributed by atoms with Crippen LogP contribution in [-0.4, -0.2) is 46.4 Å². The normalized spacial score (nSPS) is 19.4. The van der Waals surface area contributed by atoms with Gasteiger partial charge in [0.1, 0.15) is 19.8 Å². The number of benzene rings is 1. The van der Waals surface area contributed by atoms with Crippen LogP contribution in [0.25, 0.3) is 22.3 Å². The molecule has 11 heteroatoms. The quantitative estimate of drug-likeness (QED) is 0.323. The van der Waals surface area contributed by atoms with Crippen LogP contribution in [0.3, 0.4) is 0 Å². The topological polar surface area (TPSA) is 126 Å². The summed E-state index contributed by atoms with van der Waals surface area (Å²) in [5, 5.41) is 12.1. The second-order valence-electron chi connectivity index (χ2n) is 8.90. The molecule has 186 valence electrons. The van der Waals surface area contributed by atoms with Gasteiger partial charge in [0.05, 0.1) is 35.6 Å². The molecular weight excluding hydrogens is 492 g/mol. The second-order valence-corrected chi connectivity index (χ2v) is 9.17. The Morgan fingerprint density at radius 3 is 2.64 bits per heavy atom. The summed E-state index contributed by atoms with van der Waals surface area (Å²) in [5.41, 5.74) is 0.977. The fourth-order valence-corrected chi connectivity index (χ4v) is 5.40. The fourth-order valence-electron chi connectivity index (χ4n) is 5.10. The standard InChI is InChI=1S/C25H21ClN2O8/c1-12(29)33-3-2-25(32)17-7-19-22-15(10-28(19)23(30)16(17)11-36-24(25)31)14(9-26)13-6-20-21(8-18(13)27-22)35-5-4-34-20/h6-8,32H,2-5,9-11H2,1H3. The predicted molar refractivity (Wildman–Crippen MR) is 126 cm³/mol. The lowest BCUT2D eigenvalue weighted by molar-refractivity contribution is -0.175. The van der Waals surface area contributed by atoms with E-state index in [1.54, 1.807) is 16.7 Å². The predicted octanol–water partition coefficient (Wildman–Crippen LogP) is 2.13. The molecule has 0 saturated carbocycles. The van der Waals surface area contributed by atoms with Gasteiger partial charge in [0.15, 0.2) is 17.1 Å². The van der Waals surface area contributed by atoms with E-state index in [2.05, 4.69) is 0 Å². The minimum atomic E-state index is -2.14. The zero-order chi connectivity index (χ0) is 25.2. The van der Waals surface area contributed by atoms with E-state index >= 15 is 0 Å². The number of esters is 2. The number of pyridine rings is 2. The minimum absolute atomic E-state index is 0.131. The van der Waals surface area contributed by atoms with Crippen LogP contribution in [-0.2, 0) is 43.7 Å². The van der Waals surface area contributed by atoms with Crippen molar-refractivity contribution in [1.29, 1.82) is 0 Å². The summed E-state index contributed by atoms with van der Waals surface area (Å²) < 4.78 is 23.1. The first-order valence-electron chi connectivity index (χ1n) is 11.4. The van der Waals surface area contributed by atoms with E-state index in [-0.39, 0.29) is 43.2 Å². The number of cyclic esters (lactones) is 1. The van der Waals surface area contributed by atoms with E-state index in [0.717, 1.165) is 16.5 Å². The van der Waals surface area contributed by atoms with Crippen molar-refractivity contribution in [3.63, 3.8) is 0 Å². The Morgan fingerprint density at radius 1 is 1.17 bits per heavy atom. The Morgan fingerprint density at radius 2 is 1.92 bits per heavy atom. The first-order chi connectivity index (χ1) is 17.3. The third-order valence-electron chi connectivity index (χ3n) is 6.86. The molecule has 1 aromatic carbocycles. The van der Waals surface area contributed by atoms with E-state index in [1.807, 2.05) is 6.07 Å². The highest BCUT2D eigenvalue weighted by Gasteiger charge is 2.47. The van der Waals surface area contributed by atoms with E-state index in [0.29, 0.717) is 41.6 Å². The highest BCUT2D eigenvalue weighted by atomic mass is 35.5. The van der Waals surface area contributed by atoms with Crippen LogP contribution in [0.2, 0.25) is 0 Å². The van der Waals surface area contributed by atoms with E-state index in [9.17, 15) is 19.5 Å². The summed E-state index contributed by atoms with van der Waals surface area (Å²) in [6.45, 7) is 1.85. The maximum atomic E-state index is 13.5. The molecule has 0 aliphatic carbocycles. The molecule has 3 aromatic rings. The highest BCUT2D eigenvalue weighted by Crippen LogP contribution is 2.43. The first-order valence-corrected chi connectivity index (χ1v) is 12.0. The van der Waals surface area contributed by atoms with Gasteiger partial charge >= 0.3 is 11.9 Å². The van der Waals surface area contributed by atoms with Gasteiger partial charge in [-0.25, -0.2) is 9.78 Å². The number of hydrogen-bond acceptors (Lipinski definition) is 9. The lowest BCUT2D eigenvalue weighted by Crippen LogP contribution is -2.45. The largest absolute Gasteiger partial charge is 0.486 e. The molecule has 1 unspecified atom stereocenters. The number of aromatic nitrogens is 2. The molecule has 0 saturated heterocycles. The average molecular weight is 513 g/mol. The summed E-state index contributed by atoms with van der Waals surface area (Å²) in [5.74, 6) is -0.0885. The monoisotopic (exact) mass is 512 g/mol. The molecular formula is C25H21ClN2O8. The Balaban J connectivity index is 1.54. The molecule has 0 fully saturated rings. The van der Waals surface area contributed by atoms with Crippen molar-refractivity contribution in [3.05, 3.63) is 50.8 Å². The van der Waals surface area contributed by atoms with Crippen molar-refractivity contribution >= 4 is 34.4 Å². The van der Waals surface area contributed by atoms with E-state index in [1.165, 1.54) is 6.92 Å². The van der Waals surface area contributed by atoms with Crippen molar-refractivity contribution in [2.45, 2.75) is 38.0 Å². The Labute approximate surface area is 209 Å². The van der Waals surface area contributed by atoms with Crippen LogP contribution < -0.4 is 15.0 Å². The Hall–Kier alpha value is -3.63. The molecule has 0 bridgehead atoms. The van der Waals surface area contributed by atoms with Crippen LogP contribution in [0.5, 0.6) is 11.5 Å². The van der Waals surface area contributed by atoms with Crippen LogP contribution in [0.1, 0.15) is 35.6 Å². The van der Waals surface area contributed by atoms with Crippen LogP contribution >= 0.6 is 11.6 Å². The van der Waals surface area contributed by atoms with Crippen molar-refractivity contribution in [2.24, 2.45) is 0 Å². The molecule has 10 nitrogen and oxygen atoms in total. The Bertz CT molecular complexity index is 1530. The highest BCUT2D eigenvalue weighted by molar-refractivity contribution is 6.18. The minimum Gasteiger partial charge on any atom is -0.486 e. The third-order valence-corrected chi connectivity index (χ3v) is 7.13. The molecule has 0 amide bonds. The summed E-state index contributed by atoms with van der Waals surface area (Å²) in [6.07, 6.45) is -0.254. The maximum Gasteiger partial charge on any atom is 0.343 e. The lowest BCUT2D eigenvalue weighted by Gasteiger charge is -2.32. The second kappa shape index (κ2) is 8.21. The number of halogens is 1. The summed E-state index contributed by atoms with van der Waals surface area (Å²) in [6, 6.07) is 5.24. The maximum absolute atomic E-state index is 13.5. The molecule has 5 heterocycles. The zero-order valence-corrected chi connectivity index (χ0v) is 20.0. The summed E-state index contributed by atoms with van der Waals surface area (Å²) >= 11 is 6.40. The number of rotatable bonds is 4. The molecule has 3 aliphatic rings. The number of carbonyl (C=O) groups is 2. The number of ether oxygens (including phenoxy) is 4. The van der Waals surface area contributed by atoms with Crippen LogP contribution in [0.15, 0.2) is 23.0 Å². The van der Waals surface area contributed by atoms with Gasteiger partial charge < -0.3 is 28.6 Å². The lowest BCUT2D eigenvalue weighted by atomic mass is 9.85. The third kappa shape index (κ3) is 3.28. The van der Waals surface area contributed by atoms with Gasteiger partial charge in [-0.2, -0.15) is 0 Å². The van der Waals surface area contributed by atoms with Crippen molar-refractivity contribution in [1.82, 2.24) is 9.55 Å². The molecule has 36 heavy (non-hydrogen) atoms. The van der Waals surface area contributed by atoms with Gasteiger partial charge in [-0.3, -0.25) is 9.59 Å². The molecule has 6 rings (SSSR count). The number of nitrogens with zero attached hydrogens (tertiary/aromatic N) is 2. The summed E-state index contributed by atoms with van der Waals surface area (Å²) in [7, 11) is 0. The fraction of sp³-hybridized carbons (Fsp3) is 0.360. The van der Waals surface area contributed by atoms with Gasteiger partial charge in [-0.1, -0.05) is 0 Å². The average Bonchev–Trinajstić information content (AvgIpc) is 3.22. The van der Waals surface area contributed by atoms with Crippen LogP contribution in [0.4, 0.5) is 0 Å². The van der Waals surface area contributed by atoms with Crippen molar-refractivity contribution in [2.75, 3.05) is 19.8 Å².